The summed E-state index contributed by atoms with van der Waals surface area (Å²) in [4.78, 5) is 27.2. The summed E-state index contributed by atoms with van der Waals surface area (Å²) in [6.07, 6.45) is 0. The quantitative estimate of drug-likeness (QED) is 0.689. The summed E-state index contributed by atoms with van der Waals surface area (Å²) in [6, 6.07) is 12.4. The van der Waals surface area contributed by atoms with E-state index in [0.717, 1.165) is 22.2 Å². The van der Waals surface area contributed by atoms with Gasteiger partial charge in [0.05, 0.1) is 27.7 Å². The molecule has 146 valence electrons. The summed E-state index contributed by atoms with van der Waals surface area (Å²) in [7, 11) is -3.88. The number of rotatable bonds is 6. The summed E-state index contributed by atoms with van der Waals surface area (Å²) in [5, 5.41) is 14.2. The maximum Gasteiger partial charge on any atom is 0.272 e. The molecule has 0 saturated carbocycles. The number of nitrogens with two attached hydrogens (primary N) is 1. The van der Waals surface area contributed by atoms with Crippen LogP contribution in [0.4, 0.5) is 5.69 Å². The van der Waals surface area contributed by atoms with E-state index in [1.54, 1.807) is 12.1 Å². The number of carbonyl (C=O) groups excluding carboxylic acids is 2. The van der Waals surface area contributed by atoms with Crippen LogP contribution in [0.2, 0.25) is 0 Å². The molecule has 3 N–H and O–H groups in total. The van der Waals surface area contributed by atoms with Crippen molar-refractivity contribution < 1.29 is 23.1 Å². The smallest absolute Gasteiger partial charge is 0.272 e. The van der Waals surface area contributed by atoms with Gasteiger partial charge in [-0.15, -0.1) is 11.8 Å². The van der Waals surface area contributed by atoms with E-state index < -0.39 is 21.8 Å². The molecule has 0 radical (unpaired) electrons. The Labute approximate surface area is 166 Å². The third-order valence-electron chi connectivity index (χ3n) is 4.14. The lowest BCUT2D eigenvalue weighted by Gasteiger charge is -2.15. The number of amides is 2. The highest BCUT2D eigenvalue weighted by Crippen LogP contribution is 2.38. The van der Waals surface area contributed by atoms with Gasteiger partial charge in [-0.2, -0.15) is 0 Å². The number of carbonyl (C=O) groups is 2. The van der Waals surface area contributed by atoms with E-state index >= 15 is 0 Å². The molecule has 0 unspecified atom stereocenters. The lowest BCUT2D eigenvalue weighted by Crippen LogP contribution is -2.31. The van der Waals surface area contributed by atoms with Gasteiger partial charge in [-0.05, 0) is 36.8 Å². The average molecular weight is 418 g/mol. The fraction of sp³-hybridized carbons (Fsp3) is 0.158. The fourth-order valence-electron chi connectivity index (χ4n) is 2.79. The highest BCUT2D eigenvalue weighted by atomic mass is 32.2. The van der Waals surface area contributed by atoms with Gasteiger partial charge in [-0.3, -0.25) is 9.59 Å². The first-order chi connectivity index (χ1) is 13.2. The largest absolute Gasteiger partial charge is 0.396 e. The number of hydrogen-bond acceptors (Lipinski definition) is 6. The lowest BCUT2D eigenvalue weighted by atomic mass is 10.0. The van der Waals surface area contributed by atoms with E-state index in [1.807, 2.05) is 19.1 Å². The van der Waals surface area contributed by atoms with E-state index in [2.05, 4.69) is 0 Å². The van der Waals surface area contributed by atoms with Gasteiger partial charge in [-0.1, -0.05) is 29.8 Å². The molecule has 0 spiro atoms. The van der Waals surface area contributed by atoms with E-state index in [4.69, 9.17) is 10.2 Å². The van der Waals surface area contributed by atoms with Crippen molar-refractivity contribution in [2.24, 2.45) is 5.14 Å². The SMILES string of the molecule is Cc1ccc(C2=C(SCCO)C(=O)N(c3ccc(S(N)(=O)=O)cc3)C2=O)cc1. The molecular weight excluding hydrogens is 400 g/mol. The molecule has 0 bridgehead atoms. The number of primary sulfonamides is 1. The Bertz CT molecular complexity index is 1060. The van der Waals surface area contributed by atoms with Crippen molar-refractivity contribution in [3.05, 3.63) is 64.6 Å². The monoisotopic (exact) mass is 418 g/mol. The zero-order chi connectivity index (χ0) is 20.5. The molecule has 2 aromatic carbocycles. The molecular formula is C19H18N2O5S2. The maximum atomic E-state index is 13.1. The number of thioether (sulfide) groups is 1. The van der Waals surface area contributed by atoms with Crippen molar-refractivity contribution >= 4 is 44.9 Å². The van der Waals surface area contributed by atoms with Crippen molar-refractivity contribution in [1.29, 1.82) is 0 Å². The van der Waals surface area contributed by atoms with E-state index in [9.17, 15) is 18.0 Å². The zero-order valence-corrected chi connectivity index (χ0v) is 16.6. The van der Waals surface area contributed by atoms with Crippen LogP contribution < -0.4 is 10.0 Å². The normalized spacial score (nSPS) is 14.9. The van der Waals surface area contributed by atoms with Gasteiger partial charge in [-0.25, -0.2) is 18.5 Å². The number of aliphatic hydroxyl groups is 1. The van der Waals surface area contributed by atoms with Gasteiger partial charge in [0.1, 0.15) is 0 Å². The van der Waals surface area contributed by atoms with Crippen LogP contribution >= 0.6 is 11.8 Å². The second-order valence-electron chi connectivity index (χ2n) is 6.13. The number of nitrogens with zero attached hydrogens (tertiary/aromatic N) is 1. The molecule has 1 heterocycles. The first kappa shape index (κ1) is 20.3. The summed E-state index contributed by atoms with van der Waals surface area (Å²) < 4.78 is 22.8. The van der Waals surface area contributed by atoms with Crippen molar-refractivity contribution in [2.75, 3.05) is 17.3 Å². The number of hydrogen-bond donors (Lipinski definition) is 2. The molecule has 0 atom stereocenters. The number of aryl methyl sites for hydroxylation is 1. The van der Waals surface area contributed by atoms with Gasteiger partial charge >= 0.3 is 0 Å². The average Bonchev–Trinajstić information content (AvgIpc) is 2.90. The highest BCUT2D eigenvalue weighted by molar-refractivity contribution is 8.04. The van der Waals surface area contributed by atoms with Gasteiger partial charge < -0.3 is 5.11 Å². The maximum absolute atomic E-state index is 13.1. The first-order valence-corrected chi connectivity index (χ1v) is 10.8. The van der Waals surface area contributed by atoms with E-state index in [1.165, 1.54) is 24.3 Å². The Kier molecular flexibility index (Phi) is 5.71. The Morgan fingerprint density at radius 2 is 1.61 bits per heavy atom. The molecule has 0 aromatic heterocycles. The minimum atomic E-state index is -3.88. The second kappa shape index (κ2) is 7.88. The van der Waals surface area contributed by atoms with Crippen LogP contribution in [-0.4, -0.2) is 37.7 Å². The Morgan fingerprint density at radius 3 is 2.14 bits per heavy atom. The van der Waals surface area contributed by atoms with Gasteiger partial charge in [0, 0.05) is 5.75 Å². The van der Waals surface area contributed by atoms with Crippen LogP contribution in [0.1, 0.15) is 11.1 Å². The number of benzene rings is 2. The molecule has 2 aromatic rings. The van der Waals surface area contributed by atoms with Crippen molar-refractivity contribution in [1.82, 2.24) is 0 Å². The van der Waals surface area contributed by atoms with Crippen molar-refractivity contribution in [2.45, 2.75) is 11.8 Å². The molecule has 2 amide bonds. The Hall–Kier alpha value is -2.46. The van der Waals surface area contributed by atoms with Crippen LogP contribution in [0, 0.1) is 6.92 Å². The number of sulfonamides is 1. The van der Waals surface area contributed by atoms with Crippen LogP contribution in [0.15, 0.2) is 58.3 Å². The molecule has 0 saturated heterocycles. The summed E-state index contributed by atoms with van der Waals surface area (Å²) in [6.45, 7) is 1.78. The Balaban J connectivity index is 2.03. The topological polar surface area (TPSA) is 118 Å². The zero-order valence-electron chi connectivity index (χ0n) is 15.0. The molecule has 0 aliphatic carbocycles. The van der Waals surface area contributed by atoms with Crippen LogP contribution in [0.3, 0.4) is 0 Å². The molecule has 9 heteroatoms. The third kappa shape index (κ3) is 3.88. The van der Waals surface area contributed by atoms with Crippen molar-refractivity contribution in [3.8, 4) is 0 Å². The van der Waals surface area contributed by atoms with Gasteiger partial charge in [0.15, 0.2) is 0 Å². The third-order valence-corrected chi connectivity index (χ3v) is 6.13. The minimum Gasteiger partial charge on any atom is -0.396 e. The predicted molar refractivity (Wildman–Crippen MR) is 108 cm³/mol. The first-order valence-electron chi connectivity index (χ1n) is 8.30. The van der Waals surface area contributed by atoms with Gasteiger partial charge in [0.25, 0.3) is 11.8 Å². The summed E-state index contributed by atoms with van der Waals surface area (Å²) in [5.41, 5.74) is 2.12. The number of aliphatic hydroxyl groups excluding tert-OH is 1. The van der Waals surface area contributed by atoms with Crippen molar-refractivity contribution in [3.63, 3.8) is 0 Å². The second-order valence-corrected chi connectivity index (χ2v) is 8.79. The van der Waals surface area contributed by atoms with Crippen LogP contribution in [0.5, 0.6) is 0 Å². The number of anilines is 1. The molecule has 7 nitrogen and oxygen atoms in total. The van der Waals surface area contributed by atoms with E-state index in [0.29, 0.717) is 5.56 Å². The predicted octanol–water partition coefficient (Wildman–Crippen LogP) is 1.65. The van der Waals surface area contributed by atoms with Crippen LogP contribution in [0.25, 0.3) is 5.57 Å². The lowest BCUT2D eigenvalue weighted by molar-refractivity contribution is -0.119. The summed E-state index contributed by atoms with van der Waals surface area (Å²) in [5.74, 6) is -0.748. The van der Waals surface area contributed by atoms with E-state index in [-0.39, 0.29) is 33.4 Å². The molecule has 28 heavy (non-hydrogen) atoms. The minimum absolute atomic E-state index is 0.114. The highest BCUT2D eigenvalue weighted by Gasteiger charge is 2.40. The molecule has 0 fully saturated rings. The Morgan fingerprint density at radius 1 is 1.00 bits per heavy atom. The molecule has 1 aliphatic heterocycles. The molecule has 1 aliphatic rings. The fourth-order valence-corrected chi connectivity index (χ4v) is 4.16. The molecule has 3 rings (SSSR count). The number of imide groups is 1. The summed E-state index contributed by atoms with van der Waals surface area (Å²) >= 11 is 1.11. The van der Waals surface area contributed by atoms with Gasteiger partial charge in [0.2, 0.25) is 10.0 Å². The van der Waals surface area contributed by atoms with Crippen LogP contribution in [-0.2, 0) is 19.6 Å². The standard InChI is InChI=1S/C19H18N2O5S2/c1-12-2-4-13(5-3-12)16-17(27-11-10-22)19(24)21(18(16)23)14-6-8-15(9-7-14)28(20,25)26/h2-9,22H,10-11H2,1H3,(H2,20,25,26).